The normalized spacial score (nSPS) is 13.2. The molecule has 1 heterocycles. The van der Waals surface area contributed by atoms with Gasteiger partial charge < -0.3 is 4.90 Å². The summed E-state index contributed by atoms with van der Waals surface area (Å²) in [5, 5.41) is 0. The van der Waals surface area contributed by atoms with Crippen molar-refractivity contribution in [2.45, 2.75) is 17.9 Å². The number of halogens is 1. The van der Waals surface area contributed by atoms with Crippen LogP contribution in [0, 0.1) is 0 Å². The van der Waals surface area contributed by atoms with Crippen LogP contribution >= 0.6 is 15.9 Å². The van der Waals surface area contributed by atoms with Gasteiger partial charge >= 0.3 is 0 Å². The van der Waals surface area contributed by atoms with Gasteiger partial charge in [-0.2, -0.15) is 0 Å². The highest BCUT2D eigenvalue weighted by molar-refractivity contribution is 9.10. The zero-order valence-electron chi connectivity index (χ0n) is 16.5. The van der Waals surface area contributed by atoms with Gasteiger partial charge in [0, 0.05) is 30.2 Å². The van der Waals surface area contributed by atoms with Crippen LogP contribution in [0.1, 0.15) is 21.5 Å². The third-order valence-corrected chi connectivity index (χ3v) is 7.81. The zero-order chi connectivity index (χ0) is 21.3. The van der Waals surface area contributed by atoms with E-state index in [1.807, 2.05) is 48.5 Å². The van der Waals surface area contributed by atoms with Crippen molar-refractivity contribution in [2.75, 3.05) is 17.9 Å². The minimum Gasteiger partial charge on any atom is -0.337 e. The second-order valence-corrected chi connectivity index (χ2v) is 9.95. The molecule has 0 fully saturated rings. The first-order chi connectivity index (χ1) is 14.4. The summed E-state index contributed by atoms with van der Waals surface area (Å²) in [4.78, 5) is 14.7. The quantitative estimate of drug-likeness (QED) is 0.536. The highest BCUT2D eigenvalue weighted by atomic mass is 79.9. The zero-order valence-corrected chi connectivity index (χ0v) is 18.9. The van der Waals surface area contributed by atoms with E-state index in [1.54, 1.807) is 30.1 Å². The summed E-state index contributed by atoms with van der Waals surface area (Å²) in [6, 6.07) is 21.5. The topological polar surface area (TPSA) is 57.7 Å². The van der Waals surface area contributed by atoms with Gasteiger partial charge in [-0.3, -0.25) is 9.10 Å². The van der Waals surface area contributed by atoms with Crippen molar-refractivity contribution in [1.29, 1.82) is 0 Å². The molecule has 1 aliphatic rings. The molecule has 30 heavy (non-hydrogen) atoms. The number of carbonyl (C=O) groups is 1. The monoisotopic (exact) mass is 484 g/mol. The fourth-order valence-electron chi connectivity index (χ4n) is 3.65. The number of rotatable bonds is 5. The lowest BCUT2D eigenvalue weighted by Gasteiger charge is -2.21. The van der Waals surface area contributed by atoms with Crippen LogP contribution in [0.15, 0.2) is 82.2 Å². The number of para-hydroxylation sites is 1. The Balaban J connectivity index is 1.59. The third kappa shape index (κ3) is 3.87. The van der Waals surface area contributed by atoms with Crippen LogP contribution in [0.5, 0.6) is 0 Å². The Morgan fingerprint density at radius 2 is 1.77 bits per heavy atom. The first-order valence-electron chi connectivity index (χ1n) is 9.57. The van der Waals surface area contributed by atoms with E-state index < -0.39 is 10.0 Å². The highest BCUT2D eigenvalue weighted by Gasteiger charge is 2.31. The van der Waals surface area contributed by atoms with Gasteiger partial charge in [-0.05, 0) is 47.9 Å². The predicted octanol–water partition coefficient (Wildman–Crippen LogP) is 4.47. The first-order valence-corrected chi connectivity index (χ1v) is 11.8. The van der Waals surface area contributed by atoms with Gasteiger partial charge in [-0.1, -0.05) is 58.4 Å². The molecule has 7 heteroatoms. The standard InChI is InChI=1S/C23H21BrN2O3S/c1-25(16-19-8-2-4-11-21(19)24)23(27)18-9-6-10-20(15-18)30(28,29)26-14-13-17-7-3-5-12-22(17)26/h2-12,15H,13-14,16H2,1H3. The fraction of sp³-hybridized carbons (Fsp3) is 0.174. The number of hydrogen-bond donors (Lipinski definition) is 0. The van der Waals surface area contributed by atoms with Gasteiger partial charge in [-0.25, -0.2) is 8.42 Å². The molecule has 1 aliphatic heterocycles. The van der Waals surface area contributed by atoms with Gasteiger partial charge in [-0.15, -0.1) is 0 Å². The van der Waals surface area contributed by atoms with E-state index in [2.05, 4.69) is 15.9 Å². The average molecular weight is 485 g/mol. The van der Waals surface area contributed by atoms with Crippen molar-refractivity contribution < 1.29 is 13.2 Å². The van der Waals surface area contributed by atoms with E-state index in [0.29, 0.717) is 30.8 Å². The van der Waals surface area contributed by atoms with Gasteiger partial charge in [0.1, 0.15) is 0 Å². The van der Waals surface area contributed by atoms with Crippen molar-refractivity contribution in [2.24, 2.45) is 0 Å². The van der Waals surface area contributed by atoms with Gasteiger partial charge in [0.15, 0.2) is 0 Å². The molecule has 5 nitrogen and oxygen atoms in total. The number of benzene rings is 3. The molecule has 1 amide bonds. The SMILES string of the molecule is CN(Cc1ccccc1Br)C(=O)c1cccc(S(=O)(=O)N2CCc3ccccc32)c1. The molecular weight excluding hydrogens is 464 g/mol. The number of carbonyl (C=O) groups excluding carboxylic acids is 1. The summed E-state index contributed by atoms with van der Waals surface area (Å²) in [6.07, 6.45) is 0.683. The summed E-state index contributed by atoms with van der Waals surface area (Å²) in [5.41, 5.74) is 3.05. The van der Waals surface area contributed by atoms with Crippen molar-refractivity contribution in [1.82, 2.24) is 4.90 Å². The molecule has 154 valence electrons. The maximum atomic E-state index is 13.3. The van der Waals surface area contributed by atoms with Crippen LogP contribution in [0.2, 0.25) is 0 Å². The van der Waals surface area contributed by atoms with Crippen LogP contribution in [0.3, 0.4) is 0 Å². The molecule has 0 N–H and O–H groups in total. The smallest absolute Gasteiger partial charge is 0.264 e. The average Bonchev–Trinajstić information content (AvgIpc) is 3.20. The maximum Gasteiger partial charge on any atom is 0.264 e. The molecule has 0 saturated carbocycles. The maximum absolute atomic E-state index is 13.3. The minimum absolute atomic E-state index is 0.124. The van der Waals surface area contributed by atoms with Crippen LogP contribution in [0.25, 0.3) is 0 Å². The largest absolute Gasteiger partial charge is 0.337 e. The number of amides is 1. The van der Waals surface area contributed by atoms with E-state index in [0.717, 1.165) is 15.6 Å². The predicted molar refractivity (Wildman–Crippen MR) is 121 cm³/mol. The first kappa shape index (κ1) is 20.6. The summed E-state index contributed by atoms with van der Waals surface area (Å²) in [5.74, 6) is -0.232. The second kappa shape index (κ2) is 8.24. The Kier molecular flexibility index (Phi) is 5.66. The molecule has 0 radical (unpaired) electrons. The van der Waals surface area contributed by atoms with Crippen molar-refractivity contribution in [3.05, 3.63) is 94.0 Å². The number of sulfonamides is 1. The molecule has 3 aromatic carbocycles. The molecule has 0 saturated heterocycles. The van der Waals surface area contributed by atoms with E-state index in [-0.39, 0.29) is 10.8 Å². The Morgan fingerprint density at radius 3 is 2.57 bits per heavy atom. The lowest BCUT2D eigenvalue weighted by atomic mass is 10.1. The van der Waals surface area contributed by atoms with E-state index in [9.17, 15) is 13.2 Å². The minimum atomic E-state index is -3.74. The molecule has 0 aromatic heterocycles. The molecule has 0 bridgehead atoms. The Morgan fingerprint density at radius 1 is 1.03 bits per heavy atom. The molecule has 3 aromatic rings. The molecule has 4 rings (SSSR count). The van der Waals surface area contributed by atoms with E-state index in [1.165, 1.54) is 10.4 Å². The van der Waals surface area contributed by atoms with Crippen molar-refractivity contribution in [3.63, 3.8) is 0 Å². The fourth-order valence-corrected chi connectivity index (χ4v) is 5.61. The van der Waals surface area contributed by atoms with Crippen LogP contribution < -0.4 is 4.31 Å². The van der Waals surface area contributed by atoms with Gasteiger partial charge in [0.05, 0.1) is 10.6 Å². The van der Waals surface area contributed by atoms with Crippen molar-refractivity contribution in [3.8, 4) is 0 Å². The Bertz CT molecular complexity index is 1210. The number of hydrogen-bond acceptors (Lipinski definition) is 3. The number of anilines is 1. The third-order valence-electron chi connectivity index (χ3n) is 5.23. The van der Waals surface area contributed by atoms with Crippen LogP contribution in [-0.2, 0) is 23.0 Å². The van der Waals surface area contributed by atoms with Crippen molar-refractivity contribution >= 4 is 37.5 Å². The number of nitrogens with zero attached hydrogens (tertiary/aromatic N) is 2. The number of fused-ring (bicyclic) bond motifs is 1. The summed E-state index contributed by atoms with van der Waals surface area (Å²) < 4.78 is 28.9. The molecular formula is C23H21BrN2O3S. The summed E-state index contributed by atoms with van der Waals surface area (Å²) >= 11 is 3.50. The lowest BCUT2D eigenvalue weighted by molar-refractivity contribution is 0.0784. The summed E-state index contributed by atoms with van der Waals surface area (Å²) in [6.45, 7) is 0.818. The van der Waals surface area contributed by atoms with E-state index in [4.69, 9.17) is 0 Å². The lowest BCUT2D eigenvalue weighted by Crippen LogP contribution is -2.30. The van der Waals surface area contributed by atoms with Crippen LogP contribution in [-0.4, -0.2) is 32.8 Å². The van der Waals surface area contributed by atoms with Crippen LogP contribution in [0.4, 0.5) is 5.69 Å². The van der Waals surface area contributed by atoms with E-state index >= 15 is 0 Å². The molecule has 0 spiro atoms. The molecule has 0 atom stereocenters. The second-order valence-electron chi connectivity index (χ2n) is 7.24. The van der Waals surface area contributed by atoms with Gasteiger partial charge in [0.25, 0.3) is 15.9 Å². The summed E-state index contributed by atoms with van der Waals surface area (Å²) in [7, 11) is -2.04. The molecule has 0 unspecified atom stereocenters. The Labute approximate surface area is 185 Å². The highest BCUT2D eigenvalue weighted by Crippen LogP contribution is 2.32. The van der Waals surface area contributed by atoms with Gasteiger partial charge in [0.2, 0.25) is 0 Å². The Hall–Kier alpha value is -2.64. The molecule has 0 aliphatic carbocycles.